The van der Waals surface area contributed by atoms with Crippen LogP contribution in [0.1, 0.15) is 17.4 Å². The summed E-state index contributed by atoms with van der Waals surface area (Å²) in [5, 5.41) is 7.63. The summed E-state index contributed by atoms with van der Waals surface area (Å²) in [6, 6.07) is 4.02. The second kappa shape index (κ2) is 5.14. The second-order valence-corrected chi connectivity index (χ2v) is 3.80. The second-order valence-electron chi connectivity index (χ2n) is 3.36. The van der Waals surface area contributed by atoms with Gasteiger partial charge in [0.15, 0.2) is 5.69 Å². The van der Waals surface area contributed by atoms with Crippen molar-refractivity contribution >= 4 is 17.6 Å². The Morgan fingerprint density at radius 1 is 1.56 bits per heavy atom. The number of rotatable bonds is 3. The molecule has 0 fully saturated rings. The molecule has 1 aromatic carbocycles. The van der Waals surface area contributed by atoms with Gasteiger partial charge in [-0.25, -0.2) is 13.9 Å². The van der Waals surface area contributed by atoms with Crippen molar-refractivity contribution in [2.75, 3.05) is 6.61 Å². The molecule has 0 aliphatic heterocycles. The van der Waals surface area contributed by atoms with Crippen molar-refractivity contribution in [3.63, 3.8) is 0 Å². The molecule has 7 heteroatoms. The molecule has 94 valence electrons. The molecule has 2 aromatic rings. The topological polar surface area (TPSA) is 57.0 Å². The third-order valence-corrected chi connectivity index (χ3v) is 2.37. The highest BCUT2D eigenvalue weighted by Crippen LogP contribution is 2.18. The van der Waals surface area contributed by atoms with E-state index in [1.54, 1.807) is 6.92 Å². The number of hydrogen-bond acceptors (Lipinski definition) is 4. The molecule has 1 aromatic heterocycles. The summed E-state index contributed by atoms with van der Waals surface area (Å²) in [5.74, 6) is -1.12. The first-order valence-electron chi connectivity index (χ1n) is 5.16. The van der Waals surface area contributed by atoms with Crippen LogP contribution in [0.3, 0.4) is 0 Å². The molecule has 0 N–H and O–H groups in total. The molecular formula is C11H9ClFN3O2. The largest absolute Gasteiger partial charge is 0.461 e. The number of nitrogens with zero attached hydrogens (tertiary/aromatic N) is 3. The first kappa shape index (κ1) is 12.5. The van der Waals surface area contributed by atoms with Crippen molar-refractivity contribution in [2.24, 2.45) is 0 Å². The van der Waals surface area contributed by atoms with Gasteiger partial charge in [0.2, 0.25) is 0 Å². The predicted octanol–water partition coefficient (Wildman–Crippen LogP) is 2.24. The highest BCUT2D eigenvalue weighted by atomic mass is 35.5. The molecule has 0 radical (unpaired) electrons. The fourth-order valence-corrected chi connectivity index (χ4v) is 1.51. The van der Waals surface area contributed by atoms with Crippen molar-refractivity contribution < 1.29 is 13.9 Å². The van der Waals surface area contributed by atoms with Crippen molar-refractivity contribution in [1.82, 2.24) is 15.0 Å². The van der Waals surface area contributed by atoms with Crippen molar-refractivity contribution in [1.29, 1.82) is 0 Å². The van der Waals surface area contributed by atoms with E-state index < -0.39 is 11.8 Å². The van der Waals surface area contributed by atoms with E-state index in [1.165, 1.54) is 24.4 Å². The van der Waals surface area contributed by atoms with E-state index in [9.17, 15) is 9.18 Å². The summed E-state index contributed by atoms with van der Waals surface area (Å²) in [7, 11) is 0. The zero-order chi connectivity index (χ0) is 13.1. The predicted molar refractivity (Wildman–Crippen MR) is 62.3 cm³/mol. The van der Waals surface area contributed by atoms with Crippen LogP contribution in [0, 0.1) is 5.82 Å². The summed E-state index contributed by atoms with van der Waals surface area (Å²) >= 11 is 5.77. The molecule has 0 amide bonds. The molecule has 0 unspecified atom stereocenters. The minimum absolute atomic E-state index is 0.0104. The van der Waals surface area contributed by atoms with Gasteiger partial charge in [-0.1, -0.05) is 16.8 Å². The highest BCUT2D eigenvalue weighted by Gasteiger charge is 2.14. The summed E-state index contributed by atoms with van der Waals surface area (Å²) in [6.45, 7) is 1.91. The molecule has 0 saturated heterocycles. The minimum atomic E-state index is -0.605. The Kier molecular flexibility index (Phi) is 3.57. The molecule has 0 bridgehead atoms. The van der Waals surface area contributed by atoms with Crippen LogP contribution in [0.15, 0.2) is 24.4 Å². The van der Waals surface area contributed by atoms with E-state index in [0.717, 1.165) is 4.68 Å². The van der Waals surface area contributed by atoms with Gasteiger partial charge >= 0.3 is 5.97 Å². The average Bonchev–Trinajstić information content (AvgIpc) is 2.82. The Labute approximate surface area is 107 Å². The Balaban J connectivity index is 2.35. The van der Waals surface area contributed by atoms with Gasteiger partial charge in [0.1, 0.15) is 11.5 Å². The first-order valence-corrected chi connectivity index (χ1v) is 5.54. The van der Waals surface area contributed by atoms with Crippen LogP contribution in [0.25, 0.3) is 5.69 Å². The van der Waals surface area contributed by atoms with E-state index in [2.05, 4.69) is 10.3 Å². The van der Waals surface area contributed by atoms with Crippen LogP contribution < -0.4 is 0 Å². The third kappa shape index (κ3) is 2.48. The SMILES string of the molecule is CCOC(=O)c1cn(-c2cc(Cl)ccc2F)nn1. The Morgan fingerprint density at radius 2 is 2.33 bits per heavy atom. The van der Waals surface area contributed by atoms with Crippen LogP contribution in [-0.2, 0) is 4.74 Å². The maximum Gasteiger partial charge on any atom is 0.360 e. The Hall–Kier alpha value is -1.95. The average molecular weight is 270 g/mol. The fourth-order valence-electron chi connectivity index (χ4n) is 1.34. The maximum absolute atomic E-state index is 13.6. The number of esters is 1. The third-order valence-electron chi connectivity index (χ3n) is 2.13. The Bertz CT molecular complexity index is 585. The summed E-state index contributed by atoms with van der Waals surface area (Å²) < 4.78 is 19.4. The maximum atomic E-state index is 13.6. The molecule has 0 saturated carbocycles. The Morgan fingerprint density at radius 3 is 3.06 bits per heavy atom. The van der Waals surface area contributed by atoms with Gasteiger partial charge in [-0.05, 0) is 25.1 Å². The van der Waals surface area contributed by atoms with E-state index in [4.69, 9.17) is 16.3 Å². The number of hydrogen-bond donors (Lipinski definition) is 0. The van der Waals surface area contributed by atoms with Crippen LogP contribution >= 0.6 is 11.6 Å². The summed E-state index contributed by atoms with van der Waals surface area (Å²) in [5.41, 5.74) is 0.127. The molecular weight excluding hydrogens is 261 g/mol. The van der Waals surface area contributed by atoms with Crippen LogP contribution in [0.4, 0.5) is 4.39 Å². The van der Waals surface area contributed by atoms with E-state index in [1.807, 2.05) is 0 Å². The zero-order valence-corrected chi connectivity index (χ0v) is 10.2. The van der Waals surface area contributed by atoms with Crippen LogP contribution in [0.5, 0.6) is 0 Å². The van der Waals surface area contributed by atoms with Crippen LogP contribution in [0.2, 0.25) is 5.02 Å². The van der Waals surface area contributed by atoms with Gasteiger partial charge in [-0.2, -0.15) is 0 Å². The lowest BCUT2D eigenvalue weighted by Gasteiger charge is -2.01. The number of carbonyl (C=O) groups excluding carboxylic acids is 1. The lowest BCUT2D eigenvalue weighted by Crippen LogP contribution is -2.04. The summed E-state index contributed by atoms with van der Waals surface area (Å²) in [6.07, 6.45) is 1.28. The molecule has 0 spiro atoms. The van der Waals surface area contributed by atoms with Gasteiger partial charge in [0.05, 0.1) is 12.8 Å². The first-order chi connectivity index (χ1) is 8.61. The van der Waals surface area contributed by atoms with Gasteiger partial charge in [0.25, 0.3) is 0 Å². The highest BCUT2D eigenvalue weighted by molar-refractivity contribution is 6.30. The van der Waals surface area contributed by atoms with Crippen LogP contribution in [-0.4, -0.2) is 27.6 Å². The van der Waals surface area contributed by atoms with E-state index in [-0.39, 0.29) is 18.0 Å². The quantitative estimate of drug-likeness (QED) is 0.802. The van der Waals surface area contributed by atoms with Crippen molar-refractivity contribution in [3.8, 4) is 5.69 Å². The lowest BCUT2D eigenvalue weighted by molar-refractivity contribution is 0.0519. The normalized spacial score (nSPS) is 10.4. The fraction of sp³-hybridized carbons (Fsp3) is 0.182. The number of ether oxygens (including phenoxy) is 1. The molecule has 0 atom stereocenters. The van der Waals surface area contributed by atoms with E-state index in [0.29, 0.717) is 5.02 Å². The molecule has 0 aliphatic rings. The van der Waals surface area contributed by atoms with Gasteiger partial charge < -0.3 is 4.74 Å². The molecule has 5 nitrogen and oxygen atoms in total. The molecule has 1 heterocycles. The number of carbonyl (C=O) groups is 1. The van der Waals surface area contributed by atoms with Gasteiger partial charge in [-0.15, -0.1) is 5.10 Å². The molecule has 0 aliphatic carbocycles. The molecule has 18 heavy (non-hydrogen) atoms. The zero-order valence-electron chi connectivity index (χ0n) is 9.43. The van der Waals surface area contributed by atoms with Crippen molar-refractivity contribution in [2.45, 2.75) is 6.92 Å². The van der Waals surface area contributed by atoms with Gasteiger partial charge in [-0.3, -0.25) is 0 Å². The van der Waals surface area contributed by atoms with E-state index >= 15 is 0 Å². The monoisotopic (exact) mass is 269 g/mol. The molecule has 2 rings (SSSR count). The number of benzene rings is 1. The van der Waals surface area contributed by atoms with Crippen molar-refractivity contribution in [3.05, 3.63) is 40.9 Å². The number of halogens is 2. The lowest BCUT2D eigenvalue weighted by atomic mass is 10.3. The minimum Gasteiger partial charge on any atom is -0.461 e. The standard InChI is InChI=1S/C11H9ClFN3O2/c1-2-18-11(17)9-6-16(15-14-9)10-5-7(12)3-4-8(10)13/h3-6H,2H2,1H3. The smallest absolute Gasteiger partial charge is 0.360 e. The van der Waals surface area contributed by atoms with Gasteiger partial charge in [0, 0.05) is 5.02 Å². The number of aromatic nitrogens is 3. The summed E-state index contributed by atoms with van der Waals surface area (Å²) in [4.78, 5) is 11.4.